The fraction of sp³-hybridized carbons (Fsp3) is 0.471. The average Bonchev–Trinajstić information content (AvgIpc) is 2.52. The highest BCUT2D eigenvalue weighted by atomic mass is 35.5. The monoisotopic (exact) mass is 332 g/mol. The molecule has 3 rings (SSSR count). The van der Waals surface area contributed by atoms with Crippen molar-refractivity contribution >= 4 is 28.2 Å². The van der Waals surface area contributed by atoms with Crippen molar-refractivity contribution in [2.75, 3.05) is 19.8 Å². The Labute approximate surface area is 141 Å². The van der Waals surface area contributed by atoms with E-state index in [-0.39, 0.29) is 5.60 Å². The summed E-state index contributed by atoms with van der Waals surface area (Å²) in [5.74, 6) is 0. The number of pyridine rings is 1. The van der Waals surface area contributed by atoms with Crippen LogP contribution in [0, 0.1) is 0 Å². The number of halogens is 1. The molecule has 0 fully saturated rings. The zero-order chi connectivity index (χ0) is 16.4. The summed E-state index contributed by atoms with van der Waals surface area (Å²) in [5, 5.41) is 0.588. The van der Waals surface area contributed by atoms with E-state index in [0.29, 0.717) is 11.8 Å². The normalized spacial score (nSPS) is 16.6. The van der Waals surface area contributed by atoms with E-state index >= 15 is 0 Å². The highest BCUT2D eigenvalue weighted by Crippen LogP contribution is 2.26. The third-order valence-electron chi connectivity index (χ3n) is 3.72. The van der Waals surface area contributed by atoms with Gasteiger partial charge in [0.15, 0.2) is 0 Å². The zero-order valence-corrected chi connectivity index (χ0v) is 14.5. The van der Waals surface area contributed by atoms with E-state index in [0.717, 1.165) is 36.2 Å². The minimum Gasteiger partial charge on any atom is -0.360 e. The van der Waals surface area contributed by atoms with Crippen LogP contribution in [0.2, 0.25) is 5.02 Å². The van der Waals surface area contributed by atoms with Crippen molar-refractivity contribution in [2.24, 2.45) is 0 Å². The summed E-state index contributed by atoms with van der Waals surface area (Å²) >= 11 is 5.99. The molecule has 0 aromatic carbocycles. The van der Waals surface area contributed by atoms with Gasteiger partial charge in [0.2, 0.25) is 0 Å². The zero-order valence-electron chi connectivity index (χ0n) is 13.7. The molecule has 0 N–H and O–H groups in total. The lowest BCUT2D eigenvalue weighted by molar-refractivity contribution is -0.0603. The van der Waals surface area contributed by atoms with Gasteiger partial charge in [-0.2, -0.15) is 0 Å². The molecule has 0 spiro atoms. The Hall–Kier alpha value is -1.56. The van der Waals surface area contributed by atoms with Crippen LogP contribution in [-0.4, -0.2) is 45.3 Å². The smallest absolute Gasteiger partial charge is 0.116 e. The third-order valence-corrected chi connectivity index (χ3v) is 3.93. The Bertz CT molecular complexity index is 739. The molecule has 0 unspecified atom stereocenters. The fourth-order valence-electron chi connectivity index (χ4n) is 2.48. The molecule has 0 atom stereocenters. The first-order valence-corrected chi connectivity index (χ1v) is 8.12. The van der Waals surface area contributed by atoms with E-state index in [1.165, 1.54) is 5.57 Å². The van der Waals surface area contributed by atoms with Crippen molar-refractivity contribution in [2.45, 2.75) is 32.8 Å². The van der Waals surface area contributed by atoms with Gasteiger partial charge in [0, 0.05) is 19.3 Å². The number of hydrogen-bond donors (Lipinski definition) is 0. The maximum absolute atomic E-state index is 5.99. The number of fused-ring (bicyclic) bond motifs is 1. The topological polar surface area (TPSA) is 51.1 Å². The molecular formula is C17H21ClN4O. The van der Waals surface area contributed by atoms with Gasteiger partial charge in [-0.3, -0.25) is 9.88 Å². The van der Waals surface area contributed by atoms with Crippen LogP contribution in [0.25, 0.3) is 16.6 Å². The van der Waals surface area contributed by atoms with E-state index in [9.17, 15) is 0 Å². The Morgan fingerprint density at radius 2 is 2.09 bits per heavy atom. The molecule has 3 heterocycles. The molecule has 6 heteroatoms. The highest BCUT2D eigenvalue weighted by Gasteiger charge is 2.18. The molecule has 2 aromatic rings. The van der Waals surface area contributed by atoms with Crippen LogP contribution in [-0.2, 0) is 4.74 Å². The summed E-state index contributed by atoms with van der Waals surface area (Å²) in [6.45, 7) is 8.66. The number of nitrogens with zero attached hydrogens (tertiary/aromatic N) is 4. The lowest BCUT2D eigenvalue weighted by Crippen LogP contribution is -2.35. The SMILES string of the molecule is CC(C)(C)OCN1CC=C(c2ncnc3cc(Cl)cnc23)CC1. The first-order chi connectivity index (χ1) is 10.9. The van der Waals surface area contributed by atoms with E-state index in [4.69, 9.17) is 16.3 Å². The van der Waals surface area contributed by atoms with Crippen LogP contribution in [0.5, 0.6) is 0 Å². The summed E-state index contributed by atoms with van der Waals surface area (Å²) in [5.41, 5.74) is 3.59. The van der Waals surface area contributed by atoms with Crippen molar-refractivity contribution in [1.29, 1.82) is 0 Å². The number of rotatable bonds is 3. The Balaban J connectivity index is 1.78. The lowest BCUT2D eigenvalue weighted by atomic mass is 10.0. The first kappa shape index (κ1) is 16.3. The largest absolute Gasteiger partial charge is 0.360 e. The van der Waals surface area contributed by atoms with Gasteiger partial charge in [-0.1, -0.05) is 17.7 Å². The average molecular weight is 333 g/mol. The molecule has 1 aliphatic rings. The van der Waals surface area contributed by atoms with Crippen molar-refractivity contribution in [3.8, 4) is 0 Å². The molecule has 0 aliphatic carbocycles. The van der Waals surface area contributed by atoms with Gasteiger partial charge < -0.3 is 4.74 Å². The van der Waals surface area contributed by atoms with Crippen LogP contribution in [0.3, 0.4) is 0 Å². The van der Waals surface area contributed by atoms with Crippen molar-refractivity contribution in [3.63, 3.8) is 0 Å². The Morgan fingerprint density at radius 3 is 2.78 bits per heavy atom. The summed E-state index contributed by atoms with van der Waals surface area (Å²) in [6, 6.07) is 1.82. The third kappa shape index (κ3) is 4.05. The summed E-state index contributed by atoms with van der Waals surface area (Å²) in [4.78, 5) is 15.4. The van der Waals surface area contributed by atoms with Gasteiger partial charge in [0.1, 0.15) is 11.8 Å². The van der Waals surface area contributed by atoms with E-state index in [2.05, 4.69) is 46.7 Å². The molecule has 0 radical (unpaired) electrons. The van der Waals surface area contributed by atoms with Gasteiger partial charge >= 0.3 is 0 Å². The number of ether oxygens (including phenoxy) is 1. The fourth-order valence-corrected chi connectivity index (χ4v) is 2.64. The second-order valence-corrected chi connectivity index (χ2v) is 7.12. The standard InChI is InChI=1S/C17H21ClN4O/c1-17(2,3)23-11-22-6-4-12(5-7-22)15-16-14(20-10-21-15)8-13(18)9-19-16/h4,8-10H,5-7,11H2,1-3H3. The molecule has 2 aromatic heterocycles. The van der Waals surface area contributed by atoms with Crippen LogP contribution >= 0.6 is 11.6 Å². The molecule has 5 nitrogen and oxygen atoms in total. The minimum absolute atomic E-state index is 0.115. The number of hydrogen-bond acceptors (Lipinski definition) is 5. The van der Waals surface area contributed by atoms with Crippen LogP contribution < -0.4 is 0 Å². The maximum Gasteiger partial charge on any atom is 0.116 e. The van der Waals surface area contributed by atoms with Gasteiger partial charge in [0.05, 0.1) is 28.6 Å². The quantitative estimate of drug-likeness (QED) is 0.860. The summed E-state index contributed by atoms with van der Waals surface area (Å²) in [6.07, 6.45) is 6.34. The Kier molecular flexibility index (Phi) is 4.62. The van der Waals surface area contributed by atoms with Gasteiger partial charge in [-0.05, 0) is 38.8 Å². The summed E-state index contributed by atoms with van der Waals surface area (Å²) in [7, 11) is 0. The molecule has 23 heavy (non-hydrogen) atoms. The van der Waals surface area contributed by atoms with E-state index in [1.807, 2.05) is 6.07 Å². The molecule has 0 bridgehead atoms. The van der Waals surface area contributed by atoms with Gasteiger partial charge in [-0.25, -0.2) is 9.97 Å². The maximum atomic E-state index is 5.99. The molecule has 0 saturated carbocycles. The number of aromatic nitrogens is 3. The van der Waals surface area contributed by atoms with Crippen LogP contribution in [0.4, 0.5) is 0 Å². The first-order valence-electron chi connectivity index (χ1n) is 7.74. The minimum atomic E-state index is -0.115. The predicted molar refractivity (Wildman–Crippen MR) is 92.2 cm³/mol. The van der Waals surface area contributed by atoms with Gasteiger partial charge in [-0.15, -0.1) is 0 Å². The second-order valence-electron chi connectivity index (χ2n) is 6.69. The van der Waals surface area contributed by atoms with Crippen molar-refractivity contribution in [3.05, 3.63) is 35.4 Å². The lowest BCUT2D eigenvalue weighted by Gasteiger charge is -2.29. The summed E-state index contributed by atoms with van der Waals surface area (Å²) < 4.78 is 5.84. The van der Waals surface area contributed by atoms with Crippen molar-refractivity contribution < 1.29 is 4.74 Å². The molecular weight excluding hydrogens is 312 g/mol. The molecule has 0 saturated heterocycles. The Morgan fingerprint density at radius 1 is 1.26 bits per heavy atom. The van der Waals surface area contributed by atoms with Crippen LogP contribution in [0.1, 0.15) is 32.9 Å². The molecule has 122 valence electrons. The van der Waals surface area contributed by atoms with Crippen molar-refractivity contribution in [1.82, 2.24) is 19.9 Å². The molecule has 1 aliphatic heterocycles. The second kappa shape index (κ2) is 6.51. The molecule has 0 amide bonds. The highest BCUT2D eigenvalue weighted by molar-refractivity contribution is 6.31. The predicted octanol–water partition coefficient (Wildman–Crippen LogP) is 3.54. The van der Waals surface area contributed by atoms with Crippen LogP contribution in [0.15, 0.2) is 24.7 Å². The van der Waals surface area contributed by atoms with E-state index in [1.54, 1.807) is 12.5 Å². The van der Waals surface area contributed by atoms with E-state index < -0.39 is 0 Å². The van der Waals surface area contributed by atoms with Gasteiger partial charge in [0.25, 0.3) is 0 Å².